The Kier molecular flexibility index (Phi) is 20.6. The summed E-state index contributed by atoms with van der Waals surface area (Å²) in [6.07, 6.45) is 17.7. The van der Waals surface area contributed by atoms with Crippen molar-refractivity contribution in [3.05, 3.63) is 0 Å². The lowest BCUT2D eigenvalue weighted by molar-refractivity contribution is -0.118. The Morgan fingerprint density at radius 1 is 0.732 bits per heavy atom. The van der Waals surface area contributed by atoms with Gasteiger partial charge in [0.2, 0.25) is 0 Å². The Balaban J connectivity index is 0.00000400. The fraction of sp³-hybridized carbons (Fsp3) is 1.00. The van der Waals surface area contributed by atoms with Gasteiger partial charge in [-0.05, 0) is 169 Å². The second-order valence-corrected chi connectivity index (χ2v) is 14.2. The number of hydrogen-bond donors (Lipinski definition) is 5. The highest BCUT2D eigenvalue weighted by Gasteiger charge is 2.60. The molecule has 9 heteroatoms. The zero-order valence-electron chi connectivity index (χ0n) is 26.3. The Bertz CT molecular complexity index is 694. The first-order valence-electron chi connectivity index (χ1n) is 16.4. The van der Waals surface area contributed by atoms with Crippen LogP contribution >= 0.6 is 49.6 Å². The van der Waals surface area contributed by atoms with Crippen molar-refractivity contribution < 1.29 is 5.11 Å². The quantitative estimate of drug-likeness (QED) is 0.127. The lowest BCUT2D eigenvalue weighted by atomic mass is 9.44. The molecule has 0 bridgehead atoms. The number of nitrogens with one attached hydrogen (secondary N) is 3. The summed E-state index contributed by atoms with van der Waals surface area (Å²) in [7, 11) is 0. The molecule has 0 aromatic rings. The lowest BCUT2D eigenvalue weighted by Gasteiger charge is -2.61. The molecule has 4 aliphatic carbocycles. The van der Waals surface area contributed by atoms with Crippen molar-refractivity contribution in [2.45, 2.75) is 110 Å². The van der Waals surface area contributed by atoms with E-state index in [4.69, 9.17) is 5.73 Å². The van der Waals surface area contributed by atoms with E-state index < -0.39 is 0 Å². The van der Waals surface area contributed by atoms with Crippen molar-refractivity contribution >= 4 is 49.6 Å². The molecule has 0 spiro atoms. The van der Waals surface area contributed by atoms with Crippen molar-refractivity contribution in [1.29, 1.82) is 0 Å². The van der Waals surface area contributed by atoms with Gasteiger partial charge in [-0.2, -0.15) is 0 Å². The van der Waals surface area contributed by atoms with E-state index in [-0.39, 0.29) is 49.6 Å². The first-order valence-corrected chi connectivity index (χ1v) is 16.4. The minimum Gasteiger partial charge on any atom is -0.396 e. The van der Waals surface area contributed by atoms with E-state index >= 15 is 0 Å². The molecule has 5 nitrogen and oxygen atoms in total. The van der Waals surface area contributed by atoms with Crippen LogP contribution < -0.4 is 21.7 Å². The molecule has 0 aliphatic heterocycles. The molecule has 248 valence electrons. The molecule has 6 N–H and O–H groups in total. The summed E-state index contributed by atoms with van der Waals surface area (Å²) in [4.78, 5) is 0. The van der Waals surface area contributed by atoms with E-state index in [2.05, 4.69) is 36.7 Å². The van der Waals surface area contributed by atoms with Crippen LogP contribution in [0.2, 0.25) is 0 Å². The summed E-state index contributed by atoms with van der Waals surface area (Å²) in [5.41, 5.74) is 6.59. The fourth-order valence-corrected chi connectivity index (χ4v) is 10.0. The summed E-state index contributed by atoms with van der Waals surface area (Å²) in [5.74, 6) is 4.96. The average Bonchev–Trinajstić information content (AvgIpc) is 3.26. The molecule has 0 aromatic carbocycles. The number of fused-ring (bicyclic) bond motifs is 5. The third kappa shape index (κ3) is 9.97. The Hall–Kier alpha value is 0.960. The van der Waals surface area contributed by atoms with Gasteiger partial charge in [0.1, 0.15) is 0 Å². The fourth-order valence-electron chi connectivity index (χ4n) is 10.0. The summed E-state index contributed by atoms with van der Waals surface area (Å²) in [6, 6.07) is 0.740. The van der Waals surface area contributed by atoms with Gasteiger partial charge in [0, 0.05) is 12.6 Å². The van der Waals surface area contributed by atoms with Gasteiger partial charge in [-0.15, -0.1) is 49.6 Å². The molecule has 0 heterocycles. The maximum absolute atomic E-state index is 9.90. The lowest BCUT2D eigenvalue weighted by Crippen LogP contribution is -2.55. The predicted octanol–water partition coefficient (Wildman–Crippen LogP) is 6.62. The number of hydrogen-bond acceptors (Lipinski definition) is 5. The van der Waals surface area contributed by atoms with Crippen molar-refractivity contribution in [3.63, 3.8) is 0 Å². The molecule has 0 radical (unpaired) electrons. The second kappa shape index (κ2) is 20.2. The Morgan fingerprint density at radius 2 is 1.34 bits per heavy atom. The highest BCUT2D eigenvalue weighted by Crippen LogP contribution is 2.68. The van der Waals surface area contributed by atoms with E-state index in [0.29, 0.717) is 23.4 Å². The molecule has 0 saturated heterocycles. The third-order valence-electron chi connectivity index (χ3n) is 12.2. The Morgan fingerprint density at radius 3 is 2.00 bits per heavy atom. The van der Waals surface area contributed by atoms with Crippen LogP contribution in [-0.2, 0) is 0 Å². The average molecular weight is 665 g/mol. The number of aliphatic hydroxyl groups excluding tert-OH is 1. The molecule has 41 heavy (non-hydrogen) atoms. The van der Waals surface area contributed by atoms with E-state index in [1.165, 1.54) is 83.6 Å². The molecule has 4 aliphatic rings. The summed E-state index contributed by atoms with van der Waals surface area (Å²) >= 11 is 0. The standard InChI is InChI=1S/C32H62N4O.4ClH/c1-24(23-37)28-10-11-29-27-9-8-25-22-26(12-14-31(25,2)30(27)13-15-32(28,29)3)36-21-7-20-35-18-5-4-17-34-19-6-16-33;;;;/h24-30,34-37H,4-23,33H2,1-3H3;4*1H/t24-,25+,26+,27+,28-,29+,30+,31+,32-;;;;/m1..../s1. The van der Waals surface area contributed by atoms with Gasteiger partial charge in [-0.25, -0.2) is 0 Å². The van der Waals surface area contributed by atoms with Crippen LogP contribution in [0.4, 0.5) is 0 Å². The summed E-state index contributed by atoms with van der Waals surface area (Å²) in [6.45, 7) is 14.4. The minimum absolute atomic E-state index is 0. The largest absolute Gasteiger partial charge is 0.396 e. The van der Waals surface area contributed by atoms with Gasteiger partial charge in [0.25, 0.3) is 0 Å². The van der Waals surface area contributed by atoms with Crippen LogP contribution in [-0.4, -0.2) is 57.0 Å². The highest BCUT2D eigenvalue weighted by atomic mass is 35.5. The van der Waals surface area contributed by atoms with Crippen LogP contribution in [0.15, 0.2) is 0 Å². The maximum Gasteiger partial charge on any atom is 0.0459 e. The number of rotatable bonds is 15. The van der Waals surface area contributed by atoms with E-state index in [0.717, 1.165) is 74.8 Å². The van der Waals surface area contributed by atoms with E-state index in [1.807, 2.05) is 0 Å². The van der Waals surface area contributed by atoms with Gasteiger partial charge in [0.05, 0.1) is 0 Å². The molecule has 0 aromatic heterocycles. The molecule has 4 saturated carbocycles. The van der Waals surface area contributed by atoms with Crippen molar-refractivity contribution in [1.82, 2.24) is 16.0 Å². The van der Waals surface area contributed by atoms with Crippen LogP contribution in [0.25, 0.3) is 0 Å². The molecular weight excluding hydrogens is 598 g/mol. The van der Waals surface area contributed by atoms with Gasteiger partial charge in [-0.1, -0.05) is 20.8 Å². The number of aliphatic hydroxyl groups is 1. The first-order chi connectivity index (χ1) is 17.9. The van der Waals surface area contributed by atoms with Crippen molar-refractivity contribution in [2.24, 2.45) is 52.1 Å². The zero-order chi connectivity index (χ0) is 26.3. The van der Waals surface area contributed by atoms with Gasteiger partial charge in [-0.3, -0.25) is 0 Å². The van der Waals surface area contributed by atoms with Crippen LogP contribution in [0, 0.1) is 46.3 Å². The topological polar surface area (TPSA) is 82.3 Å². The highest BCUT2D eigenvalue weighted by molar-refractivity contribution is 5.86. The number of halogens is 4. The smallest absolute Gasteiger partial charge is 0.0459 e. The maximum atomic E-state index is 9.90. The molecule has 4 rings (SSSR count). The number of unbranched alkanes of at least 4 members (excludes halogenated alkanes) is 1. The third-order valence-corrected chi connectivity index (χ3v) is 12.2. The van der Waals surface area contributed by atoms with Crippen LogP contribution in [0.5, 0.6) is 0 Å². The van der Waals surface area contributed by atoms with Crippen LogP contribution in [0.3, 0.4) is 0 Å². The molecule has 0 amide bonds. The second-order valence-electron chi connectivity index (χ2n) is 14.2. The molecular formula is C32H66Cl4N4O. The van der Waals surface area contributed by atoms with Gasteiger partial charge in [0.15, 0.2) is 0 Å². The molecule has 4 fully saturated rings. The normalized spacial score (nSPS) is 36.2. The summed E-state index contributed by atoms with van der Waals surface area (Å²) < 4.78 is 0. The van der Waals surface area contributed by atoms with Gasteiger partial charge >= 0.3 is 0 Å². The minimum atomic E-state index is 0. The number of nitrogens with two attached hydrogens (primary N) is 1. The Labute approximate surface area is 277 Å². The monoisotopic (exact) mass is 662 g/mol. The first kappa shape index (κ1) is 42.0. The van der Waals surface area contributed by atoms with Gasteiger partial charge < -0.3 is 26.8 Å². The van der Waals surface area contributed by atoms with E-state index in [1.54, 1.807) is 0 Å². The zero-order valence-corrected chi connectivity index (χ0v) is 29.6. The molecule has 0 unspecified atom stereocenters. The van der Waals surface area contributed by atoms with Crippen molar-refractivity contribution in [2.75, 3.05) is 45.9 Å². The SMILES string of the molecule is C[C@H](CO)[C@H]1CC[C@H]2[C@@H]3CC[C@H]4C[C@@H](NCCCNCCCCNCCCN)CC[C@]4(C)[C@H]3CC[C@]12C.Cl.Cl.Cl.Cl. The van der Waals surface area contributed by atoms with Crippen LogP contribution in [0.1, 0.15) is 104 Å². The van der Waals surface area contributed by atoms with E-state index in [9.17, 15) is 5.11 Å². The molecule has 9 atom stereocenters. The summed E-state index contributed by atoms with van der Waals surface area (Å²) in [5, 5.41) is 21.0. The van der Waals surface area contributed by atoms with Crippen molar-refractivity contribution in [3.8, 4) is 0 Å². The predicted molar refractivity (Wildman–Crippen MR) is 186 cm³/mol.